The molecule has 1 rings (SSSR count). The number of hydrogen-bond acceptors (Lipinski definition) is 3. The number of amides is 2. The quantitative estimate of drug-likeness (QED) is 0.276. The van der Waals surface area contributed by atoms with Gasteiger partial charge in [0.1, 0.15) is 0 Å². The second kappa shape index (κ2) is 5.18. The molecule has 1 aliphatic heterocycles. The zero-order chi connectivity index (χ0) is 8.27. The van der Waals surface area contributed by atoms with Crippen LogP contribution in [-0.4, -0.2) is 35.2 Å². The van der Waals surface area contributed by atoms with Crippen molar-refractivity contribution in [1.29, 1.82) is 0 Å². The highest BCUT2D eigenvalue weighted by molar-refractivity contribution is 5.85. The Bertz CT molecular complexity index is 148. The summed E-state index contributed by atoms with van der Waals surface area (Å²) in [6.07, 6.45) is 1.04. The molecule has 4 N–H and O–H groups in total. The van der Waals surface area contributed by atoms with E-state index in [1.807, 2.05) is 0 Å². The van der Waals surface area contributed by atoms with Crippen LogP contribution < -0.4 is 11.3 Å². The maximum absolute atomic E-state index is 10.9. The van der Waals surface area contributed by atoms with Crippen molar-refractivity contribution in [2.24, 2.45) is 5.84 Å². The average Bonchev–Trinajstić information content (AvgIpc) is 2.05. The average molecular weight is 196 g/mol. The molecule has 0 aromatic rings. The zero-order valence-corrected chi connectivity index (χ0v) is 7.51. The number of halogens is 1. The number of carbonyl (C=O) groups is 1. The molecule has 1 fully saturated rings. The Labute approximate surface area is 77.3 Å². The number of aliphatic hydroxyl groups excluding tert-OH is 1. The van der Waals surface area contributed by atoms with Crippen molar-refractivity contribution in [3.8, 4) is 0 Å². The van der Waals surface area contributed by atoms with Gasteiger partial charge in [-0.05, 0) is 12.8 Å². The Balaban J connectivity index is 0.00000121. The molecule has 1 aliphatic rings. The molecule has 1 heterocycles. The molecule has 6 heteroatoms. The van der Waals surface area contributed by atoms with E-state index in [2.05, 4.69) is 5.43 Å². The van der Waals surface area contributed by atoms with Crippen LogP contribution in [0.3, 0.4) is 0 Å². The van der Waals surface area contributed by atoms with Crippen molar-refractivity contribution >= 4 is 18.4 Å². The van der Waals surface area contributed by atoms with Crippen LogP contribution in [0.4, 0.5) is 4.79 Å². The van der Waals surface area contributed by atoms with Gasteiger partial charge in [0.05, 0.1) is 6.10 Å². The highest BCUT2D eigenvalue weighted by Gasteiger charge is 2.19. The number of carbonyl (C=O) groups excluding carboxylic acids is 1. The van der Waals surface area contributed by atoms with Crippen LogP contribution in [0.1, 0.15) is 12.8 Å². The Kier molecular flexibility index (Phi) is 4.96. The van der Waals surface area contributed by atoms with Gasteiger partial charge in [-0.2, -0.15) is 0 Å². The molecule has 0 spiro atoms. The van der Waals surface area contributed by atoms with E-state index in [1.54, 1.807) is 4.90 Å². The number of hydrazine groups is 1. The molecular formula is C6H14ClN3O2. The van der Waals surface area contributed by atoms with E-state index in [0.717, 1.165) is 0 Å². The van der Waals surface area contributed by atoms with Crippen LogP contribution in [0, 0.1) is 0 Å². The summed E-state index contributed by atoms with van der Waals surface area (Å²) in [4.78, 5) is 12.5. The van der Waals surface area contributed by atoms with E-state index in [4.69, 9.17) is 10.9 Å². The van der Waals surface area contributed by atoms with Gasteiger partial charge in [0.25, 0.3) is 0 Å². The fourth-order valence-corrected chi connectivity index (χ4v) is 1.16. The molecule has 0 saturated carbocycles. The molecule has 5 nitrogen and oxygen atoms in total. The molecule has 0 aromatic carbocycles. The summed E-state index contributed by atoms with van der Waals surface area (Å²) in [6, 6.07) is -0.267. The molecule has 2 amide bonds. The second-order valence-electron chi connectivity index (χ2n) is 2.67. The first-order valence-corrected chi connectivity index (χ1v) is 3.67. The third-order valence-electron chi connectivity index (χ3n) is 1.88. The topological polar surface area (TPSA) is 78.6 Å². The zero-order valence-electron chi connectivity index (χ0n) is 6.69. The number of piperidine rings is 1. The maximum atomic E-state index is 10.9. The van der Waals surface area contributed by atoms with Gasteiger partial charge < -0.3 is 10.0 Å². The van der Waals surface area contributed by atoms with Gasteiger partial charge in [-0.1, -0.05) is 0 Å². The van der Waals surface area contributed by atoms with Crippen LogP contribution >= 0.6 is 12.4 Å². The van der Waals surface area contributed by atoms with E-state index in [9.17, 15) is 4.79 Å². The minimum absolute atomic E-state index is 0. The summed E-state index contributed by atoms with van der Waals surface area (Å²) in [5.41, 5.74) is 2.05. The summed E-state index contributed by atoms with van der Waals surface area (Å²) in [6.45, 7) is 1.18. The van der Waals surface area contributed by atoms with Crippen molar-refractivity contribution in [1.82, 2.24) is 10.3 Å². The van der Waals surface area contributed by atoms with Crippen molar-refractivity contribution in [2.45, 2.75) is 18.9 Å². The second-order valence-corrected chi connectivity index (χ2v) is 2.67. The Morgan fingerprint density at radius 2 is 2.00 bits per heavy atom. The lowest BCUT2D eigenvalue weighted by Crippen LogP contribution is -2.47. The predicted molar refractivity (Wildman–Crippen MR) is 46.8 cm³/mol. The number of nitrogens with zero attached hydrogens (tertiary/aromatic N) is 1. The minimum Gasteiger partial charge on any atom is -0.393 e. The summed E-state index contributed by atoms with van der Waals surface area (Å²) in [5.74, 6) is 4.93. The summed E-state index contributed by atoms with van der Waals surface area (Å²) in [7, 11) is 0. The third-order valence-corrected chi connectivity index (χ3v) is 1.88. The molecule has 0 bridgehead atoms. The molecule has 1 saturated heterocycles. The molecule has 72 valence electrons. The number of likely N-dealkylation sites (tertiary alicyclic amines) is 1. The lowest BCUT2D eigenvalue weighted by molar-refractivity contribution is 0.0937. The van der Waals surface area contributed by atoms with E-state index < -0.39 is 0 Å². The largest absolute Gasteiger partial charge is 0.393 e. The monoisotopic (exact) mass is 195 g/mol. The van der Waals surface area contributed by atoms with Gasteiger partial charge in [-0.25, -0.2) is 10.6 Å². The van der Waals surface area contributed by atoms with Gasteiger partial charge >= 0.3 is 6.03 Å². The maximum Gasteiger partial charge on any atom is 0.331 e. The third kappa shape index (κ3) is 2.84. The summed E-state index contributed by atoms with van der Waals surface area (Å²) in [5, 5.41) is 9.09. The molecule has 0 aromatic heterocycles. The molecule has 0 atom stereocenters. The van der Waals surface area contributed by atoms with E-state index in [0.29, 0.717) is 25.9 Å². The normalized spacial score (nSPS) is 18.3. The van der Waals surface area contributed by atoms with Gasteiger partial charge in [0, 0.05) is 13.1 Å². The molecular weight excluding hydrogens is 182 g/mol. The standard InChI is InChI=1S/C6H13N3O2.ClH/c7-8-6(11)9-3-1-5(10)2-4-9;/h5,10H,1-4,7H2,(H,8,11);1H. The van der Waals surface area contributed by atoms with Gasteiger partial charge in [-0.3, -0.25) is 5.43 Å². The Hall–Kier alpha value is -0.520. The molecule has 0 aliphatic carbocycles. The first-order chi connectivity index (χ1) is 5.24. The number of nitrogens with one attached hydrogen (secondary N) is 1. The predicted octanol–water partition coefficient (Wildman–Crippen LogP) is -0.552. The SMILES string of the molecule is Cl.NNC(=O)N1CCC(O)CC1. The number of aliphatic hydroxyl groups is 1. The first kappa shape index (κ1) is 11.5. The number of urea groups is 1. The summed E-state index contributed by atoms with van der Waals surface area (Å²) >= 11 is 0. The number of nitrogens with two attached hydrogens (primary N) is 1. The smallest absolute Gasteiger partial charge is 0.331 e. The first-order valence-electron chi connectivity index (χ1n) is 3.67. The minimum atomic E-state index is -0.267. The highest BCUT2D eigenvalue weighted by Crippen LogP contribution is 2.08. The van der Waals surface area contributed by atoms with E-state index >= 15 is 0 Å². The molecule has 0 radical (unpaired) electrons. The lowest BCUT2D eigenvalue weighted by Gasteiger charge is -2.28. The van der Waals surface area contributed by atoms with Gasteiger partial charge in [-0.15, -0.1) is 12.4 Å². The summed E-state index contributed by atoms with van der Waals surface area (Å²) < 4.78 is 0. The van der Waals surface area contributed by atoms with E-state index in [1.165, 1.54) is 0 Å². The molecule has 0 unspecified atom stereocenters. The van der Waals surface area contributed by atoms with Crippen LogP contribution in [0.5, 0.6) is 0 Å². The van der Waals surface area contributed by atoms with Crippen molar-refractivity contribution in [2.75, 3.05) is 13.1 Å². The van der Waals surface area contributed by atoms with Gasteiger partial charge in [0.2, 0.25) is 0 Å². The lowest BCUT2D eigenvalue weighted by atomic mass is 10.1. The Morgan fingerprint density at radius 3 is 2.42 bits per heavy atom. The van der Waals surface area contributed by atoms with Crippen molar-refractivity contribution < 1.29 is 9.90 Å². The van der Waals surface area contributed by atoms with Crippen LogP contribution in [-0.2, 0) is 0 Å². The number of rotatable bonds is 0. The fraction of sp³-hybridized carbons (Fsp3) is 0.833. The Morgan fingerprint density at radius 1 is 1.50 bits per heavy atom. The van der Waals surface area contributed by atoms with Crippen molar-refractivity contribution in [3.05, 3.63) is 0 Å². The van der Waals surface area contributed by atoms with Crippen LogP contribution in [0.15, 0.2) is 0 Å². The number of hydrogen-bond donors (Lipinski definition) is 3. The fourth-order valence-electron chi connectivity index (χ4n) is 1.16. The highest BCUT2D eigenvalue weighted by atomic mass is 35.5. The van der Waals surface area contributed by atoms with Gasteiger partial charge in [0.15, 0.2) is 0 Å². The van der Waals surface area contributed by atoms with Crippen molar-refractivity contribution in [3.63, 3.8) is 0 Å². The van der Waals surface area contributed by atoms with Crippen LogP contribution in [0.2, 0.25) is 0 Å². The van der Waals surface area contributed by atoms with E-state index in [-0.39, 0.29) is 24.5 Å². The van der Waals surface area contributed by atoms with Crippen LogP contribution in [0.25, 0.3) is 0 Å². The molecule has 12 heavy (non-hydrogen) atoms.